The van der Waals surface area contributed by atoms with Crippen LogP contribution < -0.4 is 15.9 Å². The fraction of sp³-hybridized carbons (Fsp3) is 0. The van der Waals surface area contributed by atoms with Gasteiger partial charge in [0.1, 0.15) is 22.0 Å². The van der Waals surface area contributed by atoms with Gasteiger partial charge in [-0.2, -0.15) is 5.26 Å². The zero-order valence-corrected chi connectivity index (χ0v) is 14.9. The van der Waals surface area contributed by atoms with Crippen LogP contribution in [0.1, 0.15) is 0 Å². The molecule has 0 radical (unpaired) electrons. The fourth-order valence-corrected chi connectivity index (χ4v) is 7.50. The molecule has 0 N–H and O–H groups in total. The lowest BCUT2D eigenvalue weighted by Gasteiger charge is -2.26. The molecule has 1 nitrogen and oxygen atoms in total. The Balaban J connectivity index is 2.45. The van der Waals surface area contributed by atoms with Crippen LogP contribution in [0.15, 0.2) is 102 Å². The summed E-state index contributed by atoms with van der Waals surface area (Å²) in [5.41, 5.74) is 0. The van der Waals surface area contributed by atoms with Gasteiger partial charge in [0.15, 0.2) is 12.6 Å². The van der Waals surface area contributed by atoms with Crippen molar-refractivity contribution in [3.05, 3.63) is 102 Å². The molecule has 0 amide bonds. The average Bonchev–Trinajstić information content (AvgIpc) is 2.68. The molecular weight excluding hydrogens is 329 g/mol. The predicted molar refractivity (Wildman–Crippen MR) is 108 cm³/mol. The average molecular weight is 346 g/mol. The van der Waals surface area contributed by atoms with Gasteiger partial charge in [0.25, 0.3) is 0 Å². The van der Waals surface area contributed by atoms with Crippen molar-refractivity contribution in [3.63, 3.8) is 0 Å². The van der Waals surface area contributed by atoms with E-state index in [2.05, 4.69) is 55.1 Å². The van der Waals surface area contributed by atoms with Crippen molar-refractivity contribution in [1.29, 1.82) is 5.26 Å². The lowest BCUT2D eigenvalue weighted by molar-refractivity contribution is 1.52. The number of hydrogen-bond acceptors (Lipinski definition) is 2. The molecule has 0 atom stereocenters. The second-order valence-electron chi connectivity index (χ2n) is 5.30. The Morgan fingerprint density at radius 1 is 0.708 bits per heavy atom. The molecule has 0 saturated heterocycles. The summed E-state index contributed by atoms with van der Waals surface area (Å²) in [6.07, 6.45) is 0. The molecule has 0 saturated carbocycles. The van der Waals surface area contributed by atoms with E-state index in [-0.39, 0.29) is 0 Å². The molecule has 116 valence electrons. The van der Waals surface area contributed by atoms with Gasteiger partial charge in [-0.25, -0.2) is 0 Å². The van der Waals surface area contributed by atoms with Gasteiger partial charge in [-0.3, -0.25) is 0 Å². The molecule has 3 aromatic carbocycles. The quantitative estimate of drug-likeness (QED) is 0.426. The van der Waals surface area contributed by atoms with Crippen LogP contribution in [-0.4, -0.2) is 0 Å². The van der Waals surface area contributed by atoms with E-state index in [1.54, 1.807) is 5.41 Å². The van der Waals surface area contributed by atoms with Crippen molar-refractivity contribution in [2.75, 3.05) is 0 Å². The largest absolute Gasteiger partial charge is 0.191 e. The SMILES string of the molecule is N#C/C(=C\S)[P+](c1ccccc1)(c1ccccc1)c1ccccc1. The molecule has 3 rings (SSSR count). The van der Waals surface area contributed by atoms with E-state index >= 15 is 0 Å². The third-order valence-corrected chi connectivity index (χ3v) is 8.66. The van der Waals surface area contributed by atoms with Crippen LogP contribution in [0.25, 0.3) is 0 Å². The van der Waals surface area contributed by atoms with Crippen molar-refractivity contribution in [2.24, 2.45) is 0 Å². The van der Waals surface area contributed by atoms with Gasteiger partial charge in [-0.1, -0.05) is 54.6 Å². The van der Waals surface area contributed by atoms with Crippen molar-refractivity contribution in [1.82, 2.24) is 0 Å². The van der Waals surface area contributed by atoms with Crippen LogP contribution in [0.5, 0.6) is 0 Å². The first kappa shape index (κ1) is 16.5. The minimum atomic E-state index is -2.24. The van der Waals surface area contributed by atoms with Crippen LogP contribution in [0.2, 0.25) is 0 Å². The van der Waals surface area contributed by atoms with Crippen LogP contribution in [0, 0.1) is 11.3 Å². The van der Waals surface area contributed by atoms with Crippen LogP contribution in [0.4, 0.5) is 0 Å². The van der Waals surface area contributed by atoms with Gasteiger partial charge < -0.3 is 0 Å². The minimum absolute atomic E-state index is 0.703. The summed E-state index contributed by atoms with van der Waals surface area (Å²) in [5, 5.41) is 15.7. The van der Waals surface area contributed by atoms with Gasteiger partial charge in [-0.05, 0) is 36.4 Å². The fourth-order valence-electron chi connectivity index (χ4n) is 3.01. The molecule has 0 unspecified atom stereocenters. The molecule has 3 aromatic rings. The maximum Gasteiger partial charge on any atom is 0.191 e. The Labute approximate surface area is 149 Å². The minimum Gasteiger partial charge on any atom is -0.189 e. The topological polar surface area (TPSA) is 23.8 Å². The summed E-state index contributed by atoms with van der Waals surface area (Å²) in [7, 11) is -2.24. The lowest BCUT2D eigenvalue weighted by Crippen LogP contribution is -2.32. The zero-order chi connectivity index (χ0) is 16.8. The van der Waals surface area contributed by atoms with E-state index in [1.807, 2.05) is 54.6 Å². The first-order chi connectivity index (χ1) is 11.8. The summed E-state index contributed by atoms with van der Waals surface area (Å²) in [6, 6.07) is 33.3. The van der Waals surface area contributed by atoms with E-state index in [9.17, 15) is 5.26 Å². The van der Waals surface area contributed by atoms with Crippen molar-refractivity contribution in [2.45, 2.75) is 0 Å². The third kappa shape index (κ3) is 2.78. The molecule has 24 heavy (non-hydrogen) atoms. The van der Waals surface area contributed by atoms with E-state index in [0.29, 0.717) is 5.31 Å². The smallest absolute Gasteiger partial charge is 0.189 e. The number of hydrogen-bond donors (Lipinski definition) is 1. The third-order valence-electron chi connectivity index (χ3n) is 4.03. The highest BCUT2D eigenvalue weighted by atomic mass is 32.1. The van der Waals surface area contributed by atoms with Gasteiger partial charge in [0.2, 0.25) is 0 Å². The van der Waals surface area contributed by atoms with E-state index in [0.717, 1.165) is 15.9 Å². The second kappa shape index (κ2) is 7.49. The van der Waals surface area contributed by atoms with E-state index in [4.69, 9.17) is 0 Å². The molecule has 0 aliphatic heterocycles. The van der Waals surface area contributed by atoms with Crippen LogP contribution in [-0.2, 0) is 0 Å². The monoisotopic (exact) mass is 346 g/mol. The molecule has 0 aromatic heterocycles. The summed E-state index contributed by atoms with van der Waals surface area (Å²) in [6.45, 7) is 0. The molecule has 0 aliphatic carbocycles. The van der Waals surface area contributed by atoms with Crippen LogP contribution in [0.3, 0.4) is 0 Å². The number of benzene rings is 3. The van der Waals surface area contributed by atoms with Crippen molar-refractivity contribution in [3.8, 4) is 6.07 Å². The molecule has 0 aliphatic rings. The van der Waals surface area contributed by atoms with Crippen LogP contribution >= 0.6 is 19.9 Å². The zero-order valence-electron chi connectivity index (χ0n) is 13.1. The number of thiol groups is 1. The first-order valence-corrected chi connectivity index (χ1v) is 9.95. The van der Waals surface area contributed by atoms with Gasteiger partial charge in [0, 0.05) is 5.41 Å². The Kier molecular flexibility index (Phi) is 5.16. The van der Waals surface area contributed by atoms with Gasteiger partial charge >= 0.3 is 0 Å². The molecular formula is C21H17NPS+. The lowest BCUT2D eigenvalue weighted by atomic mass is 10.4. The summed E-state index contributed by atoms with van der Waals surface area (Å²) in [4.78, 5) is 0. The number of nitrogens with zero attached hydrogens (tertiary/aromatic N) is 1. The highest BCUT2D eigenvalue weighted by Gasteiger charge is 2.49. The Bertz CT molecular complexity index is 771. The summed E-state index contributed by atoms with van der Waals surface area (Å²) < 4.78 is 0. The molecule has 0 spiro atoms. The summed E-state index contributed by atoms with van der Waals surface area (Å²) in [5.74, 6) is 0. The normalized spacial score (nSPS) is 11.8. The highest BCUT2D eigenvalue weighted by molar-refractivity contribution is 8.00. The number of allylic oxidation sites excluding steroid dienone is 1. The molecule has 0 heterocycles. The predicted octanol–water partition coefficient (Wildman–Crippen LogP) is 4.28. The highest BCUT2D eigenvalue weighted by Crippen LogP contribution is 2.62. The van der Waals surface area contributed by atoms with Gasteiger partial charge in [-0.15, -0.1) is 12.6 Å². The standard InChI is InChI=1S/C21H16NPS/c22-16-21(17-24)23(18-10-4-1-5-11-18,19-12-6-2-7-13-19)20-14-8-3-9-15-20/h1-15,17H/p+1/b21-17+. The Morgan fingerprint density at radius 3 is 1.29 bits per heavy atom. The van der Waals surface area contributed by atoms with E-state index in [1.165, 1.54) is 0 Å². The first-order valence-electron chi connectivity index (χ1n) is 7.65. The second-order valence-corrected chi connectivity index (χ2v) is 8.93. The van der Waals surface area contributed by atoms with E-state index < -0.39 is 7.26 Å². The molecule has 0 bridgehead atoms. The number of rotatable bonds is 4. The molecule has 0 fully saturated rings. The Morgan fingerprint density at radius 2 is 1.04 bits per heavy atom. The maximum atomic E-state index is 9.91. The van der Waals surface area contributed by atoms with Crippen molar-refractivity contribution >= 4 is 35.8 Å². The summed E-state index contributed by atoms with van der Waals surface area (Å²) >= 11 is 4.38. The van der Waals surface area contributed by atoms with Gasteiger partial charge in [0.05, 0.1) is 0 Å². The number of nitriles is 1. The maximum absolute atomic E-state index is 9.91. The molecule has 3 heteroatoms. The Hall–Kier alpha value is -2.33. The van der Waals surface area contributed by atoms with Crippen molar-refractivity contribution < 1.29 is 0 Å².